The van der Waals surface area contributed by atoms with E-state index in [9.17, 15) is 0 Å². The van der Waals surface area contributed by atoms with Crippen LogP contribution in [0.25, 0.3) is 0 Å². The number of anilines is 1. The summed E-state index contributed by atoms with van der Waals surface area (Å²) in [6.07, 6.45) is 5.49. The van der Waals surface area contributed by atoms with Crippen molar-refractivity contribution in [3.63, 3.8) is 0 Å². The molecule has 0 amide bonds. The molecule has 2 aliphatic heterocycles. The summed E-state index contributed by atoms with van der Waals surface area (Å²) in [6.45, 7) is 3.43. The molecule has 3 aromatic rings. The maximum atomic E-state index is 6.69. The number of pyridine rings is 1. The topological polar surface area (TPSA) is 111 Å². The Bertz CT molecular complexity index is 1250. The van der Waals surface area contributed by atoms with Crippen LogP contribution in [0.1, 0.15) is 40.8 Å². The van der Waals surface area contributed by atoms with Crippen LogP contribution in [0, 0.1) is 0 Å². The number of rotatable bonds is 8. The second-order valence-electron chi connectivity index (χ2n) is 9.60. The van der Waals surface area contributed by atoms with E-state index in [1.54, 1.807) is 20.4 Å². The number of hydrogen-bond acceptors (Lipinski definition) is 8. The molecule has 0 spiro atoms. The number of amidine groups is 1. The number of benzene rings is 2. The van der Waals surface area contributed by atoms with Gasteiger partial charge in [-0.2, -0.15) is 0 Å². The van der Waals surface area contributed by atoms with Crippen molar-refractivity contribution in [3.05, 3.63) is 82.7 Å². The molecule has 1 aromatic heterocycles. The van der Waals surface area contributed by atoms with Gasteiger partial charge < -0.3 is 20.5 Å². The lowest BCUT2D eigenvalue weighted by molar-refractivity contribution is 0.331. The third-order valence-corrected chi connectivity index (χ3v) is 6.87. The van der Waals surface area contributed by atoms with E-state index < -0.39 is 5.79 Å². The molecule has 1 unspecified atom stereocenters. The number of likely N-dealkylation sites (tertiary alicyclic amines) is 1. The molecule has 188 valence electrons. The summed E-state index contributed by atoms with van der Waals surface area (Å²) in [7, 11) is 3.25. The lowest BCUT2D eigenvalue weighted by Crippen LogP contribution is -2.52. The first-order chi connectivity index (χ1) is 17.4. The van der Waals surface area contributed by atoms with E-state index in [-0.39, 0.29) is 0 Å². The number of methoxy groups -OCH3 is 2. The molecule has 3 heterocycles. The Balaban J connectivity index is 1.31. The number of hydrogen-bond donors (Lipinski definition) is 3. The molecule has 8 heteroatoms. The highest BCUT2D eigenvalue weighted by molar-refractivity contribution is 6.04. The summed E-state index contributed by atoms with van der Waals surface area (Å²) in [5.41, 5.74) is 19.0. The van der Waals surface area contributed by atoms with Gasteiger partial charge in [-0.1, -0.05) is 30.3 Å². The van der Waals surface area contributed by atoms with Crippen LogP contribution in [0.5, 0.6) is 11.5 Å². The molecule has 0 radical (unpaired) electrons. The smallest absolute Gasteiger partial charge is 0.188 e. The van der Waals surface area contributed by atoms with Gasteiger partial charge in [0.2, 0.25) is 0 Å². The Labute approximate surface area is 212 Å². The Morgan fingerprint density at radius 2 is 1.75 bits per heavy atom. The van der Waals surface area contributed by atoms with Gasteiger partial charge in [-0.25, -0.2) is 4.99 Å². The predicted molar refractivity (Wildman–Crippen MR) is 143 cm³/mol. The van der Waals surface area contributed by atoms with E-state index in [4.69, 9.17) is 20.9 Å². The maximum absolute atomic E-state index is 6.69. The fraction of sp³-hybridized carbons (Fsp3) is 0.357. The minimum absolute atomic E-state index is 0.365. The van der Waals surface area contributed by atoms with Gasteiger partial charge in [0, 0.05) is 42.9 Å². The third kappa shape index (κ3) is 5.29. The van der Waals surface area contributed by atoms with E-state index in [2.05, 4.69) is 44.5 Å². The van der Waals surface area contributed by atoms with Gasteiger partial charge in [-0.3, -0.25) is 15.6 Å². The summed E-state index contributed by atoms with van der Waals surface area (Å²) >= 11 is 0. The molecule has 5 N–H and O–H groups in total. The summed E-state index contributed by atoms with van der Waals surface area (Å²) in [5, 5.41) is 3.39. The van der Waals surface area contributed by atoms with Crippen LogP contribution in [0.4, 0.5) is 5.69 Å². The first kappa shape index (κ1) is 24.1. The number of ether oxygens (including phenoxy) is 2. The second kappa shape index (κ2) is 10.2. The summed E-state index contributed by atoms with van der Waals surface area (Å²) in [4.78, 5) is 11.7. The van der Waals surface area contributed by atoms with Gasteiger partial charge in [0.05, 0.1) is 25.5 Å². The number of nitrogens with zero attached hydrogens (tertiary/aromatic N) is 3. The highest BCUT2D eigenvalue weighted by atomic mass is 16.5. The average Bonchev–Trinajstić information content (AvgIpc) is 3.38. The van der Waals surface area contributed by atoms with E-state index >= 15 is 0 Å². The van der Waals surface area contributed by atoms with Crippen LogP contribution in [-0.2, 0) is 19.4 Å². The molecule has 5 rings (SSSR count). The SMILES string of the molecule is COc1ccc(CC2(N)N=C(N)c3cnc(Cc4ccc(CN5CCCC5)cc4)cc3N2)c(OC)c1. The zero-order valence-corrected chi connectivity index (χ0v) is 21.0. The molecular weight excluding hydrogens is 452 g/mol. The normalized spacial score (nSPS) is 19.4. The molecule has 8 nitrogen and oxygen atoms in total. The minimum Gasteiger partial charge on any atom is -0.497 e. The van der Waals surface area contributed by atoms with Crippen molar-refractivity contribution in [3.8, 4) is 11.5 Å². The zero-order valence-electron chi connectivity index (χ0n) is 21.0. The highest BCUT2D eigenvalue weighted by Crippen LogP contribution is 2.31. The van der Waals surface area contributed by atoms with Crippen molar-refractivity contribution in [2.75, 3.05) is 32.6 Å². The average molecular weight is 487 g/mol. The molecule has 0 bridgehead atoms. The van der Waals surface area contributed by atoms with Crippen molar-refractivity contribution in [2.24, 2.45) is 16.5 Å². The van der Waals surface area contributed by atoms with Crippen molar-refractivity contribution in [2.45, 2.75) is 38.0 Å². The minimum atomic E-state index is -1.12. The van der Waals surface area contributed by atoms with Crippen LogP contribution in [-0.4, -0.2) is 48.8 Å². The lowest BCUT2D eigenvalue weighted by atomic mass is 10.0. The molecule has 1 atom stereocenters. The van der Waals surface area contributed by atoms with Gasteiger partial charge in [-0.15, -0.1) is 0 Å². The molecule has 2 aliphatic rings. The molecule has 2 aromatic carbocycles. The monoisotopic (exact) mass is 486 g/mol. The van der Waals surface area contributed by atoms with Gasteiger partial charge in [0.25, 0.3) is 0 Å². The summed E-state index contributed by atoms with van der Waals surface area (Å²) in [5.74, 6) is 0.647. The Morgan fingerprint density at radius 3 is 2.47 bits per heavy atom. The molecule has 0 saturated carbocycles. The van der Waals surface area contributed by atoms with Crippen molar-refractivity contribution < 1.29 is 9.47 Å². The highest BCUT2D eigenvalue weighted by Gasteiger charge is 2.32. The third-order valence-electron chi connectivity index (χ3n) is 6.87. The summed E-state index contributed by atoms with van der Waals surface area (Å²) in [6, 6.07) is 16.5. The van der Waals surface area contributed by atoms with Crippen LogP contribution < -0.4 is 26.3 Å². The van der Waals surface area contributed by atoms with Gasteiger partial charge in [0.1, 0.15) is 17.3 Å². The first-order valence-electron chi connectivity index (χ1n) is 12.4. The Hall–Kier alpha value is -3.62. The first-order valence-corrected chi connectivity index (χ1v) is 12.4. The molecule has 36 heavy (non-hydrogen) atoms. The zero-order chi connectivity index (χ0) is 25.1. The van der Waals surface area contributed by atoms with Crippen molar-refractivity contribution in [1.82, 2.24) is 9.88 Å². The van der Waals surface area contributed by atoms with Crippen LogP contribution in [0.15, 0.2) is 59.7 Å². The van der Waals surface area contributed by atoms with Crippen LogP contribution >= 0.6 is 0 Å². The maximum Gasteiger partial charge on any atom is 0.188 e. The van der Waals surface area contributed by atoms with E-state index in [0.29, 0.717) is 23.8 Å². The van der Waals surface area contributed by atoms with E-state index in [1.165, 1.54) is 37.1 Å². The van der Waals surface area contributed by atoms with Crippen molar-refractivity contribution in [1.29, 1.82) is 0 Å². The number of fused-ring (bicyclic) bond motifs is 1. The van der Waals surface area contributed by atoms with E-state index in [1.807, 2.05) is 24.3 Å². The molecular formula is C28H34N6O2. The lowest BCUT2D eigenvalue weighted by Gasteiger charge is -2.33. The molecule has 1 fully saturated rings. The van der Waals surface area contributed by atoms with E-state index in [0.717, 1.165) is 35.5 Å². The van der Waals surface area contributed by atoms with Crippen molar-refractivity contribution >= 4 is 11.5 Å². The van der Waals surface area contributed by atoms with Crippen LogP contribution in [0.3, 0.4) is 0 Å². The molecule has 0 aliphatic carbocycles. The number of aromatic nitrogens is 1. The number of aliphatic imine (C=N–C) groups is 1. The number of nitrogens with two attached hydrogens (primary N) is 2. The fourth-order valence-electron chi connectivity index (χ4n) is 4.98. The fourth-order valence-corrected chi connectivity index (χ4v) is 4.98. The van der Waals surface area contributed by atoms with Gasteiger partial charge in [0.15, 0.2) is 5.79 Å². The standard InChI is InChI=1S/C28H34N6O2/c1-35-23-10-9-21(26(15-23)36-2)16-28(30)32-25-14-22(31-17-24(25)27(29)33-28)13-19-5-7-20(8-6-19)18-34-11-3-4-12-34/h5-10,14-15,17,32H,3-4,11-13,16,18,30H2,1-2H3,(H2,29,33). The predicted octanol–water partition coefficient (Wildman–Crippen LogP) is 3.27. The quantitative estimate of drug-likeness (QED) is 0.448. The summed E-state index contributed by atoms with van der Waals surface area (Å²) < 4.78 is 10.9. The molecule has 1 saturated heterocycles. The second-order valence-corrected chi connectivity index (χ2v) is 9.60. The largest absolute Gasteiger partial charge is 0.497 e. The van der Waals surface area contributed by atoms with Crippen LogP contribution in [0.2, 0.25) is 0 Å². The van der Waals surface area contributed by atoms with Gasteiger partial charge >= 0.3 is 0 Å². The Morgan fingerprint density at radius 1 is 1.00 bits per heavy atom. The van der Waals surface area contributed by atoms with Gasteiger partial charge in [-0.05, 0) is 49.2 Å². The Kier molecular flexibility index (Phi) is 6.80. The number of nitrogens with one attached hydrogen (secondary N) is 1.